The number of benzene rings is 2. The molecule has 2 aromatic carbocycles. The Morgan fingerprint density at radius 3 is 2.64 bits per heavy atom. The Labute approximate surface area is 133 Å². The van der Waals surface area contributed by atoms with Crippen LogP contribution in [0.1, 0.15) is 16.1 Å². The predicted molar refractivity (Wildman–Crippen MR) is 90.3 cm³/mol. The largest absolute Gasteiger partial charge is 0.326 e. The van der Waals surface area contributed by atoms with Crippen LogP contribution in [-0.4, -0.2) is 10.9 Å². The lowest BCUT2D eigenvalue weighted by atomic mass is 10.1. The summed E-state index contributed by atoms with van der Waals surface area (Å²) in [6.07, 6.45) is 1.67. The van der Waals surface area contributed by atoms with Gasteiger partial charge in [0.1, 0.15) is 0 Å². The number of thiazole rings is 1. The van der Waals surface area contributed by atoms with E-state index in [1.165, 1.54) is 11.1 Å². The molecule has 1 aliphatic rings. The molecule has 0 unspecified atom stereocenters. The van der Waals surface area contributed by atoms with Gasteiger partial charge in [-0.1, -0.05) is 24.3 Å². The van der Waals surface area contributed by atoms with Crippen molar-refractivity contribution in [2.45, 2.75) is 19.8 Å². The molecule has 0 saturated heterocycles. The molecule has 1 amide bonds. The number of hydrogen-bond acceptors (Lipinski definition) is 3. The van der Waals surface area contributed by atoms with Gasteiger partial charge in [-0.2, -0.15) is 0 Å². The molecule has 110 valence electrons. The molecule has 22 heavy (non-hydrogen) atoms. The van der Waals surface area contributed by atoms with Gasteiger partial charge in [-0.15, -0.1) is 11.3 Å². The molecule has 0 saturated carbocycles. The lowest BCUT2D eigenvalue weighted by Gasteiger charge is -2.10. The zero-order valence-corrected chi connectivity index (χ0v) is 13.1. The Balaban J connectivity index is 1.52. The fourth-order valence-electron chi connectivity index (χ4n) is 3.11. The van der Waals surface area contributed by atoms with Crippen molar-refractivity contribution in [3.63, 3.8) is 0 Å². The van der Waals surface area contributed by atoms with E-state index < -0.39 is 0 Å². The van der Waals surface area contributed by atoms with Gasteiger partial charge in [0.05, 0.1) is 15.2 Å². The van der Waals surface area contributed by atoms with Gasteiger partial charge in [-0.05, 0) is 49.1 Å². The topological polar surface area (TPSA) is 42.0 Å². The van der Waals surface area contributed by atoms with Crippen molar-refractivity contribution in [3.8, 4) is 0 Å². The quantitative estimate of drug-likeness (QED) is 0.778. The lowest BCUT2D eigenvalue weighted by molar-refractivity contribution is -0.119. The molecule has 1 heterocycles. The van der Waals surface area contributed by atoms with E-state index in [4.69, 9.17) is 0 Å². The molecule has 1 aliphatic carbocycles. The Hall–Kier alpha value is -2.20. The zero-order chi connectivity index (χ0) is 15.1. The fraction of sp³-hybridized carbons (Fsp3) is 0.222. The van der Waals surface area contributed by atoms with Crippen LogP contribution in [-0.2, 0) is 17.6 Å². The zero-order valence-electron chi connectivity index (χ0n) is 12.3. The van der Waals surface area contributed by atoms with Crippen LogP contribution in [0.5, 0.6) is 0 Å². The van der Waals surface area contributed by atoms with Crippen LogP contribution >= 0.6 is 11.3 Å². The first-order valence-electron chi connectivity index (χ1n) is 7.44. The second-order valence-electron chi connectivity index (χ2n) is 5.78. The summed E-state index contributed by atoms with van der Waals surface area (Å²) in [4.78, 5) is 16.9. The van der Waals surface area contributed by atoms with E-state index in [1.807, 2.05) is 37.3 Å². The Morgan fingerprint density at radius 1 is 1.18 bits per heavy atom. The molecular formula is C18H16N2OS. The predicted octanol–water partition coefficient (Wildman–Crippen LogP) is 3.96. The average molecular weight is 308 g/mol. The molecule has 0 atom stereocenters. The van der Waals surface area contributed by atoms with E-state index in [9.17, 15) is 4.79 Å². The van der Waals surface area contributed by atoms with Gasteiger partial charge >= 0.3 is 0 Å². The summed E-state index contributed by atoms with van der Waals surface area (Å²) in [7, 11) is 0. The standard InChI is InChI=1S/C18H16N2OS/c1-11-19-16-7-6-15(10-17(16)22-11)20-18(21)14-8-12-4-2-3-5-13(12)9-14/h2-7,10,14H,8-9H2,1H3,(H,20,21). The fourth-order valence-corrected chi connectivity index (χ4v) is 3.97. The third kappa shape index (κ3) is 2.40. The van der Waals surface area contributed by atoms with Crippen molar-refractivity contribution in [1.29, 1.82) is 0 Å². The van der Waals surface area contributed by atoms with Crippen molar-refractivity contribution in [2.24, 2.45) is 5.92 Å². The molecular weight excluding hydrogens is 292 g/mol. The number of rotatable bonds is 2. The summed E-state index contributed by atoms with van der Waals surface area (Å²) in [5.41, 5.74) is 4.46. The van der Waals surface area contributed by atoms with Gasteiger partial charge in [0, 0.05) is 11.6 Å². The van der Waals surface area contributed by atoms with E-state index in [0.29, 0.717) is 0 Å². The molecule has 0 fully saturated rings. The SMILES string of the molecule is Cc1nc2ccc(NC(=O)C3Cc4ccccc4C3)cc2s1. The van der Waals surface area contributed by atoms with Crippen LogP contribution in [0, 0.1) is 12.8 Å². The first-order chi connectivity index (χ1) is 10.7. The van der Waals surface area contributed by atoms with Crippen LogP contribution in [0.2, 0.25) is 0 Å². The molecule has 0 aliphatic heterocycles. The summed E-state index contributed by atoms with van der Waals surface area (Å²) >= 11 is 1.65. The molecule has 3 nitrogen and oxygen atoms in total. The smallest absolute Gasteiger partial charge is 0.228 e. The van der Waals surface area contributed by atoms with E-state index in [-0.39, 0.29) is 11.8 Å². The van der Waals surface area contributed by atoms with Crippen LogP contribution in [0.4, 0.5) is 5.69 Å². The van der Waals surface area contributed by atoms with Crippen molar-refractivity contribution >= 4 is 33.1 Å². The van der Waals surface area contributed by atoms with Crippen LogP contribution in [0.3, 0.4) is 0 Å². The lowest BCUT2D eigenvalue weighted by Crippen LogP contribution is -2.23. The average Bonchev–Trinajstić information content (AvgIpc) is 3.08. The molecule has 1 N–H and O–H groups in total. The van der Waals surface area contributed by atoms with Crippen molar-refractivity contribution in [2.75, 3.05) is 5.32 Å². The first-order valence-corrected chi connectivity index (χ1v) is 8.25. The minimum absolute atomic E-state index is 0.0382. The number of nitrogens with one attached hydrogen (secondary N) is 1. The molecule has 4 rings (SSSR count). The number of fused-ring (bicyclic) bond motifs is 2. The highest BCUT2D eigenvalue weighted by atomic mass is 32.1. The molecule has 0 spiro atoms. The number of nitrogens with zero attached hydrogens (tertiary/aromatic N) is 1. The Kier molecular flexibility index (Phi) is 3.19. The minimum Gasteiger partial charge on any atom is -0.326 e. The number of hydrogen-bond donors (Lipinski definition) is 1. The summed E-state index contributed by atoms with van der Waals surface area (Å²) in [5.74, 6) is 0.146. The van der Waals surface area contributed by atoms with Gasteiger partial charge in [0.15, 0.2) is 0 Å². The van der Waals surface area contributed by atoms with Gasteiger partial charge < -0.3 is 5.32 Å². The van der Waals surface area contributed by atoms with E-state index in [0.717, 1.165) is 33.8 Å². The highest BCUT2D eigenvalue weighted by Gasteiger charge is 2.27. The third-order valence-electron chi connectivity index (χ3n) is 4.18. The maximum absolute atomic E-state index is 12.5. The second kappa shape index (κ2) is 5.21. The maximum Gasteiger partial charge on any atom is 0.228 e. The van der Waals surface area contributed by atoms with Crippen molar-refractivity contribution in [1.82, 2.24) is 4.98 Å². The third-order valence-corrected chi connectivity index (χ3v) is 5.12. The minimum atomic E-state index is 0.0382. The van der Waals surface area contributed by atoms with Crippen molar-refractivity contribution in [3.05, 3.63) is 58.6 Å². The summed E-state index contributed by atoms with van der Waals surface area (Å²) in [5, 5.41) is 4.11. The van der Waals surface area contributed by atoms with Crippen LogP contribution in [0.25, 0.3) is 10.2 Å². The normalized spacial score (nSPS) is 14.2. The highest BCUT2D eigenvalue weighted by Crippen LogP contribution is 2.29. The molecule has 4 heteroatoms. The van der Waals surface area contributed by atoms with Gasteiger partial charge in [0.2, 0.25) is 5.91 Å². The summed E-state index contributed by atoms with van der Waals surface area (Å²) in [6, 6.07) is 14.2. The molecule has 3 aromatic rings. The second-order valence-corrected chi connectivity index (χ2v) is 7.01. The highest BCUT2D eigenvalue weighted by molar-refractivity contribution is 7.18. The van der Waals surface area contributed by atoms with Crippen molar-refractivity contribution < 1.29 is 4.79 Å². The summed E-state index contributed by atoms with van der Waals surface area (Å²) < 4.78 is 1.12. The monoisotopic (exact) mass is 308 g/mol. The van der Waals surface area contributed by atoms with E-state index in [2.05, 4.69) is 22.4 Å². The number of carbonyl (C=O) groups is 1. The van der Waals surface area contributed by atoms with Crippen LogP contribution < -0.4 is 5.32 Å². The molecule has 0 bridgehead atoms. The first kappa shape index (κ1) is 13.5. The van der Waals surface area contributed by atoms with Gasteiger partial charge in [-0.25, -0.2) is 4.98 Å². The Morgan fingerprint density at radius 2 is 1.91 bits per heavy atom. The van der Waals surface area contributed by atoms with Crippen LogP contribution in [0.15, 0.2) is 42.5 Å². The van der Waals surface area contributed by atoms with Gasteiger partial charge in [-0.3, -0.25) is 4.79 Å². The number of anilines is 1. The number of carbonyl (C=O) groups excluding carboxylic acids is 1. The molecule has 1 aromatic heterocycles. The molecule has 0 radical (unpaired) electrons. The van der Waals surface area contributed by atoms with Gasteiger partial charge in [0.25, 0.3) is 0 Å². The number of aryl methyl sites for hydroxylation is 1. The maximum atomic E-state index is 12.5. The van der Waals surface area contributed by atoms with E-state index >= 15 is 0 Å². The summed E-state index contributed by atoms with van der Waals surface area (Å²) in [6.45, 7) is 2.00. The number of aromatic nitrogens is 1. The Bertz CT molecular complexity index is 843. The number of amides is 1. The van der Waals surface area contributed by atoms with E-state index in [1.54, 1.807) is 11.3 Å².